The van der Waals surface area contributed by atoms with Crippen molar-refractivity contribution in [3.8, 4) is 5.75 Å². The number of nitrogens with one attached hydrogen (secondary N) is 2. The van der Waals surface area contributed by atoms with E-state index in [0.29, 0.717) is 13.1 Å². The van der Waals surface area contributed by atoms with Crippen molar-refractivity contribution in [3.63, 3.8) is 0 Å². The summed E-state index contributed by atoms with van der Waals surface area (Å²) >= 11 is 1.64. The van der Waals surface area contributed by atoms with Crippen LogP contribution >= 0.6 is 11.3 Å². The molecule has 0 aliphatic heterocycles. The number of thiazole rings is 1. The third-order valence-electron chi connectivity index (χ3n) is 3.14. The van der Waals surface area contributed by atoms with Crippen molar-refractivity contribution in [2.75, 3.05) is 0 Å². The summed E-state index contributed by atoms with van der Waals surface area (Å²) in [6.07, 6.45) is 0.131. The average molecular weight is 333 g/mol. The number of aryl methyl sites for hydroxylation is 2. The van der Waals surface area contributed by atoms with Gasteiger partial charge in [-0.1, -0.05) is 12.1 Å². The van der Waals surface area contributed by atoms with Crippen LogP contribution in [0.1, 0.15) is 35.0 Å². The van der Waals surface area contributed by atoms with Crippen LogP contribution in [0.5, 0.6) is 5.75 Å². The predicted octanol–water partition coefficient (Wildman–Crippen LogP) is 3.55. The first-order chi connectivity index (χ1) is 10.9. The van der Waals surface area contributed by atoms with Crippen LogP contribution in [-0.4, -0.2) is 17.1 Å². The molecule has 5 nitrogen and oxygen atoms in total. The fraction of sp³-hybridized carbons (Fsp3) is 0.412. The zero-order chi connectivity index (χ0) is 16.8. The number of hydrogen-bond donors (Lipinski definition) is 2. The highest BCUT2D eigenvalue weighted by molar-refractivity contribution is 7.11. The van der Waals surface area contributed by atoms with Crippen molar-refractivity contribution in [1.82, 2.24) is 15.6 Å². The Morgan fingerprint density at radius 3 is 2.65 bits per heavy atom. The Balaban J connectivity index is 1.81. The largest absolute Gasteiger partial charge is 0.491 e. The van der Waals surface area contributed by atoms with E-state index in [0.717, 1.165) is 26.9 Å². The zero-order valence-corrected chi connectivity index (χ0v) is 14.8. The fourth-order valence-corrected chi connectivity index (χ4v) is 2.98. The third-order valence-corrected chi connectivity index (χ3v) is 4.07. The second-order valence-corrected chi connectivity index (χ2v) is 6.99. The molecule has 2 amide bonds. The van der Waals surface area contributed by atoms with E-state index in [-0.39, 0.29) is 12.1 Å². The highest BCUT2D eigenvalue weighted by atomic mass is 32.1. The van der Waals surface area contributed by atoms with Gasteiger partial charge >= 0.3 is 6.03 Å². The molecule has 0 radical (unpaired) electrons. The third kappa shape index (κ3) is 5.56. The van der Waals surface area contributed by atoms with Crippen LogP contribution in [-0.2, 0) is 13.1 Å². The van der Waals surface area contributed by atoms with Gasteiger partial charge in [-0.25, -0.2) is 9.78 Å². The van der Waals surface area contributed by atoms with Crippen molar-refractivity contribution in [2.45, 2.75) is 46.9 Å². The number of rotatable bonds is 6. The van der Waals surface area contributed by atoms with Crippen molar-refractivity contribution >= 4 is 17.4 Å². The van der Waals surface area contributed by atoms with Crippen molar-refractivity contribution in [3.05, 3.63) is 45.4 Å². The summed E-state index contributed by atoms with van der Waals surface area (Å²) < 4.78 is 5.65. The standard InChI is InChI=1S/C17H23N3O2S/c1-11(2)22-15-7-5-6-14(8-15)9-18-17(21)19-10-16-12(3)23-13(4)20-16/h5-8,11H,9-10H2,1-4H3,(H2,18,19,21). The molecular formula is C17H23N3O2S. The molecule has 124 valence electrons. The Morgan fingerprint density at radius 1 is 1.26 bits per heavy atom. The van der Waals surface area contributed by atoms with Gasteiger partial charge in [-0.3, -0.25) is 0 Å². The SMILES string of the molecule is Cc1nc(CNC(=O)NCc2cccc(OC(C)C)c2)c(C)s1. The minimum atomic E-state index is -0.203. The number of benzene rings is 1. The Labute approximate surface area is 141 Å². The van der Waals surface area contributed by atoms with E-state index in [4.69, 9.17) is 4.74 Å². The van der Waals surface area contributed by atoms with Crippen LogP contribution in [0.25, 0.3) is 0 Å². The van der Waals surface area contributed by atoms with Gasteiger partial charge in [0.2, 0.25) is 0 Å². The van der Waals surface area contributed by atoms with Gasteiger partial charge in [-0.2, -0.15) is 0 Å². The zero-order valence-electron chi connectivity index (χ0n) is 14.0. The van der Waals surface area contributed by atoms with Crippen LogP contribution in [0.2, 0.25) is 0 Å². The monoisotopic (exact) mass is 333 g/mol. The van der Waals surface area contributed by atoms with E-state index >= 15 is 0 Å². The van der Waals surface area contributed by atoms with E-state index in [1.165, 1.54) is 0 Å². The molecule has 6 heteroatoms. The number of hydrogen-bond acceptors (Lipinski definition) is 4. The van der Waals surface area contributed by atoms with E-state index < -0.39 is 0 Å². The molecule has 0 saturated heterocycles. The number of amides is 2. The Morgan fingerprint density at radius 2 is 2.00 bits per heavy atom. The molecular weight excluding hydrogens is 310 g/mol. The van der Waals surface area contributed by atoms with E-state index in [1.54, 1.807) is 11.3 Å². The first-order valence-corrected chi connectivity index (χ1v) is 8.46. The molecule has 0 saturated carbocycles. The van der Waals surface area contributed by atoms with Crippen LogP contribution in [0.15, 0.2) is 24.3 Å². The van der Waals surface area contributed by atoms with Crippen molar-refractivity contribution in [2.24, 2.45) is 0 Å². The lowest BCUT2D eigenvalue weighted by molar-refractivity contribution is 0.239. The second kappa shape index (κ2) is 7.97. The molecule has 0 unspecified atom stereocenters. The summed E-state index contributed by atoms with van der Waals surface area (Å²) in [6, 6.07) is 7.53. The van der Waals surface area contributed by atoms with Crippen molar-refractivity contribution < 1.29 is 9.53 Å². The lowest BCUT2D eigenvalue weighted by Gasteiger charge is -2.11. The smallest absolute Gasteiger partial charge is 0.315 e. The molecule has 1 heterocycles. The minimum Gasteiger partial charge on any atom is -0.491 e. The lowest BCUT2D eigenvalue weighted by Crippen LogP contribution is -2.34. The van der Waals surface area contributed by atoms with Gasteiger partial charge in [0.1, 0.15) is 5.75 Å². The predicted molar refractivity (Wildman–Crippen MR) is 92.9 cm³/mol. The maximum atomic E-state index is 11.9. The summed E-state index contributed by atoms with van der Waals surface area (Å²) in [6.45, 7) is 8.85. The molecule has 1 aromatic carbocycles. The number of nitrogens with zero attached hydrogens (tertiary/aromatic N) is 1. The first kappa shape index (κ1) is 17.3. The van der Waals surface area contributed by atoms with Gasteiger partial charge in [0.25, 0.3) is 0 Å². The van der Waals surface area contributed by atoms with Crippen molar-refractivity contribution in [1.29, 1.82) is 0 Å². The summed E-state index contributed by atoms with van der Waals surface area (Å²) in [4.78, 5) is 17.4. The van der Waals surface area contributed by atoms with Gasteiger partial charge in [0.05, 0.1) is 23.4 Å². The van der Waals surface area contributed by atoms with Gasteiger partial charge in [0, 0.05) is 11.4 Å². The summed E-state index contributed by atoms with van der Waals surface area (Å²) in [5.74, 6) is 0.813. The maximum absolute atomic E-state index is 11.9. The number of carbonyl (C=O) groups excluding carboxylic acids is 1. The molecule has 0 atom stereocenters. The number of ether oxygens (including phenoxy) is 1. The number of carbonyl (C=O) groups is 1. The van der Waals surface area contributed by atoms with Gasteiger partial charge in [-0.05, 0) is 45.4 Å². The molecule has 0 fully saturated rings. The quantitative estimate of drug-likeness (QED) is 0.850. The molecule has 2 N–H and O–H groups in total. The molecule has 0 aliphatic carbocycles. The summed E-state index contributed by atoms with van der Waals surface area (Å²) in [5, 5.41) is 6.69. The van der Waals surface area contributed by atoms with Crippen LogP contribution in [0.4, 0.5) is 4.79 Å². The molecule has 0 spiro atoms. The van der Waals surface area contributed by atoms with E-state index in [1.807, 2.05) is 52.0 Å². The van der Waals surface area contributed by atoms with Gasteiger partial charge < -0.3 is 15.4 Å². The fourth-order valence-electron chi connectivity index (χ4n) is 2.15. The lowest BCUT2D eigenvalue weighted by atomic mass is 10.2. The van der Waals surface area contributed by atoms with Crippen LogP contribution in [0.3, 0.4) is 0 Å². The second-order valence-electron chi connectivity index (χ2n) is 5.59. The molecule has 2 rings (SSSR count). The van der Waals surface area contributed by atoms with Gasteiger partial charge in [0.15, 0.2) is 0 Å². The highest BCUT2D eigenvalue weighted by Crippen LogP contribution is 2.16. The van der Waals surface area contributed by atoms with Crippen LogP contribution in [0, 0.1) is 13.8 Å². The first-order valence-electron chi connectivity index (χ1n) is 7.64. The number of urea groups is 1. The van der Waals surface area contributed by atoms with E-state index in [2.05, 4.69) is 15.6 Å². The highest BCUT2D eigenvalue weighted by Gasteiger charge is 2.07. The Hall–Kier alpha value is -2.08. The normalized spacial score (nSPS) is 10.7. The molecule has 1 aromatic heterocycles. The topological polar surface area (TPSA) is 63.2 Å². The van der Waals surface area contributed by atoms with Crippen LogP contribution < -0.4 is 15.4 Å². The molecule has 0 aliphatic rings. The Kier molecular flexibility index (Phi) is 5.98. The average Bonchev–Trinajstić information content (AvgIpc) is 2.80. The summed E-state index contributed by atoms with van der Waals surface area (Å²) in [7, 11) is 0. The molecule has 2 aromatic rings. The molecule has 23 heavy (non-hydrogen) atoms. The molecule has 0 bridgehead atoms. The minimum absolute atomic E-state index is 0.131. The van der Waals surface area contributed by atoms with E-state index in [9.17, 15) is 4.79 Å². The number of aromatic nitrogens is 1. The maximum Gasteiger partial charge on any atom is 0.315 e. The van der Waals surface area contributed by atoms with Gasteiger partial charge in [-0.15, -0.1) is 11.3 Å². The Bertz CT molecular complexity index is 668. The summed E-state index contributed by atoms with van der Waals surface area (Å²) in [5.41, 5.74) is 1.92.